The van der Waals surface area contributed by atoms with Crippen molar-refractivity contribution in [1.29, 1.82) is 0 Å². The minimum Gasteiger partial charge on any atom is -0.453 e. The Bertz CT molecular complexity index is 631. The van der Waals surface area contributed by atoms with Crippen LogP contribution in [0.3, 0.4) is 0 Å². The van der Waals surface area contributed by atoms with E-state index in [1.54, 1.807) is 0 Å². The summed E-state index contributed by atoms with van der Waals surface area (Å²) in [5.74, 6) is -0.264. The van der Waals surface area contributed by atoms with Crippen molar-refractivity contribution in [3.05, 3.63) is 69.8 Å². The molecule has 0 aliphatic carbocycles. The summed E-state index contributed by atoms with van der Waals surface area (Å²) in [7, 11) is 0. The summed E-state index contributed by atoms with van der Waals surface area (Å²) in [4.78, 5) is 11.5. The van der Waals surface area contributed by atoms with Gasteiger partial charge in [-0.05, 0) is 44.4 Å². The van der Waals surface area contributed by atoms with E-state index in [0.29, 0.717) is 0 Å². The molecule has 0 saturated heterocycles. The molecule has 0 aliphatic heterocycles. The number of hydrogen-bond donors (Lipinski definition) is 0. The van der Waals surface area contributed by atoms with Crippen LogP contribution in [0.1, 0.15) is 46.4 Å². The SMILES string of the molecule is CC(=O)OC(c1ccc(C)cc1)c1c(C)cc(C)cc1C. The average molecular weight is 282 g/mol. The van der Waals surface area contributed by atoms with Gasteiger partial charge in [0.2, 0.25) is 0 Å². The van der Waals surface area contributed by atoms with Crippen LogP contribution in [0, 0.1) is 27.7 Å². The first-order valence-corrected chi connectivity index (χ1v) is 7.20. The molecule has 0 amide bonds. The summed E-state index contributed by atoms with van der Waals surface area (Å²) in [6.45, 7) is 9.73. The minimum atomic E-state index is -0.344. The van der Waals surface area contributed by atoms with Crippen LogP contribution in [-0.2, 0) is 9.53 Å². The second-order valence-electron chi connectivity index (χ2n) is 5.71. The molecule has 2 heteroatoms. The molecule has 0 spiro atoms. The van der Waals surface area contributed by atoms with E-state index in [1.165, 1.54) is 18.1 Å². The van der Waals surface area contributed by atoms with Gasteiger partial charge in [0.25, 0.3) is 0 Å². The van der Waals surface area contributed by atoms with Crippen molar-refractivity contribution >= 4 is 5.97 Å². The van der Waals surface area contributed by atoms with Crippen molar-refractivity contribution in [2.75, 3.05) is 0 Å². The van der Waals surface area contributed by atoms with Crippen LogP contribution in [0.5, 0.6) is 0 Å². The number of ether oxygens (including phenoxy) is 1. The zero-order valence-electron chi connectivity index (χ0n) is 13.4. The molecule has 0 aliphatic rings. The van der Waals surface area contributed by atoms with E-state index in [1.807, 2.05) is 31.2 Å². The maximum absolute atomic E-state index is 11.5. The zero-order valence-corrected chi connectivity index (χ0v) is 13.4. The molecule has 2 rings (SSSR count). The van der Waals surface area contributed by atoms with E-state index in [9.17, 15) is 4.79 Å². The minimum absolute atomic E-state index is 0.264. The van der Waals surface area contributed by atoms with Gasteiger partial charge in [0.1, 0.15) is 0 Å². The first kappa shape index (κ1) is 15.3. The van der Waals surface area contributed by atoms with Gasteiger partial charge in [-0.15, -0.1) is 0 Å². The number of aryl methyl sites for hydroxylation is 4. The van der Waals surface area contributed by atoms with Gasteiger partial charge in [-0.25, -0.2) is 0 Å². The van der Waals surface area contributed by atoms with Gasteiger partial charge in [0.05, 0.1) is 0 Å². The fourth-order valence-electron chi connectivity index (χ4n) is 2.81. The lowest BCUT2D eigenvalue weighted by Gasteiger charge is -2.22. The fraction of sp³-hybridized carbons (Fsp3) is 0.316. The van der Waals surface area contributed by atoms with E-state index in [2.05, 4.69) is 32.9 Å². The summed E-state index contributed by atoms with van der Waals surface area (Å²) >= 11 is 0. The molecule has 110 valence electrons. The number of esters is 1. The van der Waals surface area contributed by atoms with Crippen LogP contribution in [0.15, 0.2) is 36.4 Å². The second kappa shape index (κ2) is 6.13. The molecule has 0 heterocycles. The molecule has 21 heavy (non-hydrogen) atoms. The molecule has 1 atom stereocenters. The van der Waals surface area contributed by atoms with Crippen LogP contribution in [0.2, 0.25) is 0 Å². The topological polar surface area (TPSA) is 26.3 Å². The third-order valence-electron chi connectivity index (χ3n) is 3.66. The number of rotatable bonds is 3. The van der Waals surface area contributed by atoms with E-state index >= 15 is 0 Å². The highest BCUT2D eigenvalue weighted by molar-refractivity contribution is 5.67. The molecule has 0 bridgehead atoms. The molecule has 0 saturated carbocycles. The summed E-state index contributed by atoms with van der Waals surface area (Å²) in [6.07, 6.45) is -0.344. The van der Waals surface area contributed by atoms with Gasteiger partial charge in [0.15, 0.2) is 6.10 Å². The van der Waals surface area contributed by atoms with Crippen LogP contribution >= 0.6 is 0 Å². The van der Waals surface area contributed by atoms with Crippen LogP contribution in [-0.4, -0.2) is 5.97 Å². The van der Waals surface area contributed by atoms with Gasteiger partial charge in [-0.1, -0.05) is 47.5 Å². The molecule has 0 radical (unpaired) electrons. The second-order valence-corrected chi connectivity index (χ2v) is 5.71. The van der Waals surface area contributed by atoms with Gasteiger partial charge in [0, 0.05) is 12.5 Å². The molecule has 0 aromatic heterocycles. The maximum Gasteiger partial charge on any atom is 0.303 e. The third kappa shape index (κ3) is 3.52. The quantitative estimate of drug-likeness (QED) is 0.771. The lowest BCUT2D eigenvalue weighted by molar-refractivity contribution is -0.144. The summed E-state index contributed by atoms with van der Waals surface area (Å²) in [6, 6.07) is 12.4. The Morgan fingerprint density at radius 2 is 1.43 bits per heavy atom. The van der Waals surface area contributed by atoms with Gasteiger partial charge in [-0.2, -0.15) is 0 Å². The van der Waals surface area contributed by atoms with E-state index in [0.717, 1.165) is 22.3 Å². The number of carbonyl (C=O) groups excluding carboxylic acids is 1. The van der Waals surface area contributed by atoms with Gasteiger partial charge in [-0.3, -0.25) is 4.79 Å². The molecular formula is C19H22O2. The van der Waals surface area contributed by atoms with Crippen molar-refractivity contribution in [2.45, 2.75) is 40.7 Å². The van der Waals surface area contributed by atoms with Crippen molar-refractivity contribution < 1.29 is 9.53 Å². The molecule has 2 aromatic rings. The molecule has 0 fully saturated rings. The smallest absolute Gasteiger partial charge is 0.303 e. The van der Waals surface area contributed by atoms with E-state index < -0.39 is 0 Å². The van der Waals surface area contributed by atoms with Gasteiger partial charge >= 0.3 is 5.97 Å². The lowest BCUT2D eigenvalue weighted by atomic mass is 9.91. The Balaban J connectivity index is 2.55. The largest absolute Gasteiger partial charge is 0.453 e. The Labute approximate surface area is 126 Å². The van der Waals surface area contributed by atoms with Crippen LogP contribution in [0.4, 0.5) is 0 Å². The molecule has 0 N–H and O–H groups in total. The first-order valence-electron chi connectivity index (χ1n) is 7.20. The van der Waals surface area contributed by atoms with E-state index in [-0.39, 0.29) is 12.1 Å². The third-order valence-corrected chi connectivity index (χ3v) is 3.66. The fourth-order valence-corrected chi connectivity index (χ4v) is 2.81. The molecule has 2 nitrogen and oxygen atoms in total. The normalized spacial score (nSPS) is 12.0. The number of carbonyl (C=O) groups is 1. The lowest BCUT2D eigenvalue weighted by Crippen LogP contribution is -2.13. The van der Waals surface area contributed by atoms with E-state index in [4.69, 9.17) is 4.74 Å². The highest BCUT2D eigenvalue weighted by Gasteiger charge is 2.21. The van der Waals surface area contributed by atoms with Crippen molar-refractivity contribution in [3.63, 3.8) is 0 Å². The summed E-state index contributed by atoms with van der Waals surface area (Å²) in [5.41, 5.74) is 6.81. The standard InChI is InChI=1S/C19H22O2/c1-12-6-8-17(9-7-12)19(21-16(5)20)18-14(3)10-13(2)11-15(18)4/h6-11,19H,1-5H3. The van der Waals surface area contributed by atoms with Crippen molar-refractivity contribution in [2.24, 2.45) is 0 Å². The predicted molar refractivity (Wildman–Crippen MR) is 85.4 cm³/mol. The maximum atomic E-state index is 11.5. The zero-order chi connectivity index (χ0) is 15.6. The van der Waals surface area contributed by atoms with Gasteiger partial charge < -0.3 is 4.74 Å². The molecule has 1 unspecified atom stereocenters. The summed E-state index contributed by atoms with van der Waals surface area (Å²) in [5, 5.41) is 0. The number of hydrogen-bond acceptors (Lipinski definition) is 2. The first-order chi connectivity index (χ1) is 9.88. The van der Waals surface area contributed by atoms with Crippen molar-refractivity contribution in [1.82, 2.24) is 0 Å². The van der Waals surface area contributed by atoms with Crippen LogP contribution in [0.25, 0.3) is 0 Å². The van der Waals surface area contributed by atoms with Crippen LogP contribution < -0.4 is 0 Å². The monoisotopic (exact) mass is 282 g/mol. The Hall–Kier alpha value is -2.09. The Morgan fingerprint density at radius 3 is 1.90 bits per heavy atom. The predicted octanol–water partition coefficient (Wildman–Crippen LogP) is 4.57. The molecule has 2 aromatic carbocycles. The average Bonchev–Trinajstić information content (AvgIpc) is 2.37. The highest BCUT2D eigenvalue weighted by atomic mass is 16.5. The highest BCUT2D eigenvalue weighted by Crippen LogP contribution is 2.32. The Morgan fingerprint density at radius 1 is 0.905 bits per heavy atom. The molecular weight excluding hydrogens is 260 g/mol. The van der Waals surface area contributed by atoms with Crippen molar-refractivity contribution in [3.8, 4) is 0 Å². The number of benzene rings is 2. The Kier molecular flexibility index (Phi) is 4.46. The summed E-state index contributed by atoms with van der Waals surface area (Å²) < 4.78 is 5.62.